The molecular weight excluding hydrogens is 164 g/mol. The maximum absolute atomic E-state index is 8.97. The third-order valence-corrected chi connectivity index (χ3v) is 1.59. The van der Waals surface area contributed by atoms with Crippen molar-refractivity contribution in [2.24, 2.45) is 0 Å². The van der Waals surface area contributed by atoms with Gasteiger partial charge in [0.25, 0.3) is 0 Å². The first-order valence-electron chi connectivity index (χ1n) is 4.52. The van der Waals surface area contributed by atoms with E-state index in [0.717, 1.165) is 11.1 Å². The molecule has 0 aliphatic heterocycles. The van der Waals surface area contributed by atoms with E-state index >= 15 is 0 Å². The Kier molecular flexibility index (Phi) is 4.97. The van der Waals surface area contributed by atoms with Gasteiger partial charge in [0, 0.05) is 0 Å². The molecule has 0 fully saturated rings. The molecule has 2 N–H and O–H groups in total. The van der Waals surface area contributed by atoms with Crippen molar-refractivity contribution < 1.29 is 10.2 Å². The van der Waals surface area contributed by atoms with Crippen LogP contribution in [0.1, 0.15) is 31.4 Å². The lowest BCUT2D eigenvalue weighted by atomic mass is 10.1. The average Bonchev–Trinajstić information content (AvgIpc) is 2.03. The number of phenolic OH excluding ortho intramolecular Hbond substituents is 2. The molecule has 2 nitrogen and oxygen atoms in total. The first kappa shape index (κ1) is 11.8. The van der Waals surface area contributed by atoms with E-state index in [9.17, 15) is 0 Å². The first-order chi connectivity index (χ1) is 6.02. The van der Waals surface area contributed by atoms with Crippen molar-refractivity contribution in [2.45, 2.75) is 34.1 Å². The van der Waals surface area contributed by atoms with Gasteiger partial charge >= 0.3 is 0 Å². The molecule has 0 saturated carbocycles. The summed E-state index contributed by atoms with van der Waals surface area (Å²) in [7, 11) is 0. The molecule has 74 valence electrons. The fraction of sp³-hybridized carbons (Fsp3) is 0.455. The molecule has 1 rings (SSSR count). The summed E-state index contributed by atoms with van der Waals surface area (Å²) in [6.45, 7) is 8.02. The fourth-order valence-electron chi connectivity index (χ4n) is 0.786. The van der Waals surface area contributed by atoms with Crippen molar-refractivity contribution in [3.8, 4) is 11.5 Å². The van der Waals surface area contributed by atoms with Gasteiger partial charge in [0.1, 0.15) is 0 Å². The molecule has 2 heteroatoms. The van der Waals surface area contributed by atoms with Crippen molar-refractivity contribution in [3.63, 3.8) is 0 Å². The first-order valence-corrected chi connectivity index (χ1v) is 4.52. The second-order valence-electron chi connectivity index (χ2n) is 3.13. The zero-order valence-electron chi connectivity index (χ0n) is 8.76. The van der Waals surface area contributed by atoms with Crippen molar-refractivity contribution in [3.05, 3.63) is 23.3 Å². The van der Waals surface area contributed by atoms with E-state index < -0.39 is 0 Å². The zero-order chi connectivity index (χ0) is 10.4. The van der Waals surface area contributed by atoms with Gasteiger partial charge in [0.05, 0.1) is 0 Å². The number of rotatable bonds is 0. The van der Waals surface area contributed by atoms with E-state index in [1.165, 1.54) is 6.42 Å². The van der Waals surface area contributed by atoms with Crippen LogP contribution >= 0.6 is 0 Å². The second kappa shape index (κ2) is 5.46. The summed E-state index contributed by atoms with van der Waals surface area (Å²) in [6, 6.07) is 3.09. The molecule has 0 spiro atoms. The molecule has 0 atom stereocenters. The molecule has 0 aromatic heterocycles. The van der Waals surface area contributed by atoms with Crippen LogP contribution in [0.2, 0.25) is 0 Å². The topological polar surface area (TPSA) is 40.5 Å². The van der Waals surface area contributed by atoms with Crippen LogP contribution in [0.15, 0.2) is 12.1 Å². The summed E-state index contributed by atoms with van der Waals surface area (Å²) < 4.78 is 0. The molecule has 13 heavy (non-hydrogen) atoms. The van der Waals surface area contributed by atoms with E-state index in [-0.39, 0.29) is 11.5 Å². The van der Waals surface area contributed by atoms with E-state index in [1.54, 1.807) is 12.1 Å². The second-order valence-corrected chi connectivity index (χ2v) is 3.13. The summed E-state index contributed by atoms with van der Waals surface area (Å²) in [6.07, 6.45) is 1.25. The third-order valence-electron chi connectivity index (χ3n) is 1.59. The summed E-state index contributed by atoms with van der Waals surface area (Å²) >= 11 is 0. The minimum absolute atomic E-state index is 0.0527. The lowest BCUT2D eigenvalue weighted by Gasteiger charge is -2.01. The van der Waals surface area contributed by atoms with Crippen LogP contribution in [0, 0.1) is 13.8 Å². The number of phenols is 2. The molecule has 1 aromatic carbocycles. The Bertz CT molecular complexity index is 217. The van der Waals surface area contributed by atoms with Crippen molar-refractivity contribution in [1.29, 1.82) is 0 Å². The molecule has 1 aromatic rings. The van der Waals surface area contributed by atoms with Gasteiger partial charge in [-0.15, -0.1) is 0 Å². The number of aryl methyl sites for hydroxylation is 2. The highest BCUT2D eigenvalue weighted by Crippen LogP contribution is 2.26. The molecule has 0 bridgehead atoms. The maximum Gasteiger partial charge on any atom is 0.157 e. The largest absolute Gasteiger partial charge is 0.504 e. The van der Waals surface area contributed by atoms with Gasteiger partial charge in [0.2, 0.25) is 0 Å². The zero-order valence-corrected chi connectivity index (χ0v) is 8.76. The van der Waals surface area contributed by atoms with Crippen LogP contribution in [-0.2, 0) is 0 Å². The molecule has 0 amide bonds. The van der Waals surface area contributed by atoms with Crippen molar-refractivity contribution >= 4 is 0 Å². The van der Waals surface area contributed by atoms with Crippen LogP contribution in [0.5, 0.6) is 11.5 Å². The average molecular weight is 182 g/mol. The molecule has 0 saturated heterocycles. The van der Waals surface area contributed by atoms with Gasteiger partial charge in [-0.1, -0.05) is 20.3 Å². The molecule has 0 aliphatic rings. The normalized spacial score (nSPS) is 8.92. The third kappa shape index (κ3) is 3.83. The lowest BCUT2D eigenvalue weighted by molar-refractivity contribution is 0.403. The molecule has 0 radical (unpaired) electrons. The highest BCUT2D eigenvalue weighted by molar-refractivity contribution is 5.44. The van der Waals surface area contributed by atoms with Crippen molar-refractivity contribution in [2.75, 3.05) is 0 Å². The SMILES string of the molecule is CCC.Cc1cc(O)c(O)cc1C. The number of aromatic hydroxyl groups is 2. The summed E-state index contributed by atoms with van der Waals surface area (Å²) in [4.78, 5) is 0. The molecule has 0 heterocycles. The highest BCUT2D eigenvalue weighted by atomic mass is 16.3. The van der Waals surface area contributed by atoms with Gasteiger partial charge < -0.3 is 10.2 Å². The smallest absolute Gasteiger partial charge is 0.157 e. The Hall–Kier alpha value is -1.18. The van der Waals surface area contributed by atoms with Gasteiger partial charge in [-0.3, -0.25) is 0 Å². The highest BCUT2D eigenvalue weighted by Gasteiger charge is 2.00. The van der Waals surface area contributed by atoms with E-state index in [4.69, 9.17) is 10.2 Å². The standard InChI is InChI=1S/C8H10O2.C3H8/c1-5-3-7(9)8(10)4-6(5)2;1-3-2/h3-4,9-10H,1-2H3;3H2,1-2H3. The molecule has 0 aliphatic carbocycles. The van der Waals surface area contributed by atoms with Crippen LogP contribution in [0.4, 0.5) is 0 Å². The Morgan fingerprint density at radius 3 is 1.38 bits per heavy atom. The Labute approximate surface area is 79.9 Å². The number of hydrogen-bond donors (Lipinski definition) is 2. The lowest BCUT2D eigenvalue weighted by Crippen LogP contribution is -1.79. The van der Waals surface area contributed by atoms with Crippen LogP contribution in [0.3, 0.4) is 0 Å². The Morgan fingerprint density at radius 2 is 1.15 bits per heavy atom. The van der Waals surface area contributed by atoms with E-state index in [2.05, 4.69) is 13.8 Å². The summed E-state index contributed by atoms with van der Waals surface area (Å²) in [5.41, 5.74) is 1.96. The molecule has 0 unspecified atom stereocenters. The quantitative estimate of drug-likeness (QED) is 0.605. The maximum atomic E-state index is 8.97. The monoisotopic (exact) mass is 182 g/mol. The predicted octanol–water partition coefficient (Wildman–Crippen LogP) is 3.13. The Morgan fingerprint density at radius 1 is 0.923 bits per heavy atom. The van der Waals surface area contributed by atoms with E-state index in [1.807, 2.05) is 13.8 Å². The summed E-state index contributed by atoms with van der Waals surface area (Å²) in [5, 5.41) is 17.9. The predicted molar refractivity (Wildman–Crippen MR) is 55.2 cm³/mol. The minimum atomic E-state index is -0.0527. The number of benzene rings is 1. The summed E-state index contributed by atoms with van der Waals surface area (Å²) in [5.74, 6) is -0.105. The van der Waals surface area contributed by atoms with E-state index in [0.29, 0.717) is 0 Å². The van der Waals surface area contributed by atoms with Gasteiger partial charge in [-0.2, -0.15) is 0 Å². The number of hydrogen-bond acceptors (Lipinski definition) is 2. The van der Waals surface area contributed by atoms with Crippen molar-refractivity contribution in [1.82, 2.24) is 0 Å². The fourth-order valence-corrected chi connectivity index (χ4v) is 0.786. The van der Waals surface area contributed by atoms with Crippen LogP contribution in [-0.4, -0.2) is 10.2 Å². The van der Waals surface area contributed by atoms with Gasteiger partial charge in [-0.05, 0) is 37.1 Å². The molecular formula is C11H18O2. The van der Waals surface area contributed by atoms with Crippen LogP contribution < -0.4 is 0 Å². The minimum Gasteiger partial charge on any atom is -0.504 e. The van der Waals surface area contributed by atoms with Gasteiger partial charge in [-0.25, -0.2) is 0 Å². The Balaban J connectivity index is 0.000000424. The van der Waals surface area contributed by atoms with Gasteiger partial charge in [0.15, 0.2) is 11.5 Å². The van der Waals surface area contributed by atoms with Crippen LogP contribution in [0.25, 0.3) is 0 Å².